The van der Waals surface area contributed by atoms with Crippen molar-refractivity contribution in [3.63, 3.8) is 0 Å². The molecule has 0 saturated carbocycles. The Kier molecular flexibility index (Phi) is 4.23. The summed E-state index contributed by atoms with van der Waals surface area (Å²) in [6.45, 7) is 3.86. The number of aromatic amines is 1. The minimum absolute atomic E-state index is 0.0230. The molecule has 1 atom stereocenters. The molecule has 23 heavy (non-hydrogen) atoms. The van der Waals surface area contributed by atoms with E-state index < -0.39 is 0 Å². The third kappa shape index (κ3) is 3.31. The molecule has 0 radical (unpaired) electrons. The van der Waals surface area contributed by atoms with Gasteiger partial charge in [-0.2, -0.15) is 5.10 Å². The molecular weight excluding hydrogens is 290 g/mol. The smallest absolute Gasteiger partial charge is 0.247 e. The minimum Gasteiger partial charge on any atom is -0.342 e. The SMILES string of the molecule is CCC(C(=O)Nc1ccc(-c2n[nH]c(C)n2)cc1)n1cccc1. The van der Waals surface area contributed by atoms with Crippen molar-refractivity contribution in [1.82, 2.24) is 19.7 Å². The van der Waals surface area contributed by atoms with Crippen LogP contribution in [0.1, 0.15) is 25.2 Å². The van der Waals surface area contributed by atoms with Crippen molar-refractivity contribution in [2.24, 2.45) is 0 Å². The van der Waals surface area contributed by atoms with Gasteiger partial charge in [0, 0.05) is 23.6 Å². The number of hydrogen-bond donors (Lipinski definition) is 2. The Bertz CT molecular complexity index is 774. The Labute approximate surface area is 134 Å². The van der Waals surface area contributed by atoms with Gasteiger partial charge in [0.25, 0.3) is 0 Å². The summed E-state index contributed by atoms with van der Waals surface area (Å²) in [6, 6.07) is 11.2. The first-order valence-electron chi connectivity index (χ1n) is 7.60. The van der Waals surface area contributed by atoms with Crippen molar-refractivity contribution in [3.05, 3.63) is 54.6 Å². The highest BCUT2D eigenvalue weighted by molar-refractivity contribution is 5.93. The topological polar surface area (TPSA) is 75.6 Å². The lowest BCUT2D eigenvalue weighted by atomic mass is 10.1. The van der Waals surface area contributed by atoms with E-state index in [-0.39, 0.29) is 11.9 Å². The number of nitrogens with zero attached hydrogens (tertiary/aromatic N) is 3. The molecule has 6 nitrogen and oxygen atoms in total. The van der Waals surface area contributed by atoms with Crippen molar-refractivity contribution in [2.75, 3.05) is 5.32 Å². The largest absolute Gasteiger partial charge is 0.342 e. The van der Waals surface area contributed by atoms with Crippen LogP contribution in [0, 0.1) is 6.92 Å². The minimum atomic E-state index is -0.208. The lowest BCUT2D eigenvalue weighted by Crippen LogP contribution is -2.24. The van der Waals surface area contributed by atoms with Gasteiger partial charge in [0.1, 0.15) is 11.9 Å². The molecule has 0 saturated heterocycles. The molecule has 0 fully saturated rings. The zero-order chi connectivity index (χ0) is 16.2. The molecule has 6 heteroatoms. The van der Waals surface area contributed by atoms with E-state index in [1.807, 2.05) is 67.2 Å². The van der Waals surface area contributed by atoms with Gasteiger partial charge >= 0.3 is 0 Å². The molecule has 2 heterocycles. The number of amides is 1. The highest BCUT2D eigenvalue weighted by atomic mass is 16.2. The molecule has 3 aromatic rings. The van der Waals surface area contributed by atoms with Gasteiger partial charge < -0.3 is 9.88 Å². The number of carbonyl (C=O) groups is 1. The van der Waals surface area contributed by atoms with Crippen LogP contribution in [-0.2, 0) is 4.79 Å². The van der Waals surface area contributed by atoms with Crippen LogP contribution in [0.3, 0.4) is 0 Å². The predicted molar refractivity (Wildman–Crippen MR) is 88.9 cm³/mol. The lowest BCUT2D eigenvalue weighted by molar-refractivity contribution is -0.119. The second-order valence-electron chi connectivity index (χ2n) is 5.37. The number of carbonyl (C=O) groups excluding carboxylic acids is 1. The number of nitrogens with one attached hydrogen (secondary N) is 2. The Balaban J connectivity index is 1.71. The van der Waals surface area contributed by atoms with Crippen molar-refractivity contribution in [3.8, 4) is 11.4 Å². The molecule has 0 spiro atoms. The van der Waals surface area contributed by atoms with E-state index in [0.717, 1.165) is 23.5 Å². The van der Waals surface area contributed by atoms with E-state index in [4.69, 9.17) is 0 Å². The van der Waals surface area contributed by atoms with Crippen LogP contribution >= 0.6 is 0 Å². The molecule has 0 aliphatic carbocycles. The summed E-state index contributed by atoms with van der Waals surface area (Å²) in [4.78, 5) is 16.7. The lowest BCUT2D eigenvalue weighted by Gasteiger charge is -2.17. The average molecular weight is 309 g/mol. The zero-order valence-electron chi connectivity index (χ0n) is 13.2. The zero-order valence-corrected chi connectivity index (χ0v) is 13.2. The second-order valence-corrected chi connectivity index (χ2v) is 5.37. The molecule has 1 aromatic carbocycles. The first-order valence-corrected chi connectivity index (χ1v) is 7.60. The summed E-state index contributed by atoms with van der Waals surface area (Å²) in [5, 5.41) is 9.90. The fourth-order valence-electron chi connectivity index (χ4n) is 2.49. The Morgan fingerprint density at radius 2 is 1.96 bits per heavy atom. The van der Waals surface area contributed by atoms with Crippen LogP contribution in [0.5, 0.6) is 0 Å². The number of anilines is 1. The van der Waals surface area contributed by atoms with E-state index in [1.165, 1.54) is 0 Å². The monoisotopic (exact) mass is 309 g/mol. The Morgan fingerprint density at radius 1 is 1.26 bits per heavy atom. The maximum atomic E-state index is 12.4. The van der Waals surface area contributed by atoms with Crippen molar-refractivity contribution >= 4 is 11.6 Å². The van der Waals surface area contributed by atoms with E-state index in [1.54, 1.807) is 0 Å². The summed E-state index contributed by atoms with van der Waals surface area (Å²) in [5.74, 6) is 1.40. The van der Waals surface area contributed by atoms with E-state index >= 15 is 0 Å². The quantitative estimate of drug-likeness (QED) is 0.760. The summed E-state index contributed by atoms with van der Waals surface area (Å²) < 4.78 is 1.92. The highest BCUT2D eigenvalue weighted by Gasteiger charge is 2.17. The number of H-pyrrole nitrogens is 1. The van der Waals surface area contributed by atoms with Gasteiger partial charge in [0.2, 0.25) is 5.91 Å². The molecule has 2 N–H and O–H groups in total. The van der Waals surface area contributed by atoms with Gasteiger partial charge in [-0.3, -0.25) is 9.89 Å². The van der Waals surface area contributed by atoms with Gasteiger partial charge in [-0.25, -0.2) is 4.98 Å². The average Bonchev–Trinajstić information content (AvgIpc) is 3.21. The van der Waals surface area contributed by atoms with Crippen LogP contribution in [0.25, 0.3) is 11.4 Å². The summed E-state index contributed by atoms with van der Waals surface area (Å²) in [7, 11) is 0. The summed E-state index contributed by atoms with van der Waals surface area (Å²) in [6.07, 6.45) is 4.54. The Hall–Kier alpha value is -2.89. The predicted octanol–water partition coefficient (Wildman–Crippen LogP) is 3.17. The number of aryl methyl sites for hydroxylation is 1. The van der Waals surface area contributed by atoms with Gasteiger partial charge in [0.15, 0.2) is 5.82 Å². The molecule has 2 aromatic heterocycles. The Morgan fingerprint density at radius 3 is 2.52 bits per heavy atom. The molecule has 1 unspecified atom stereocenters. The standard InChI is InChI=1S/C17H19N5O/c1-3-15(22-10-4-5-11-22)17(23)19-14-8-6-13(7-9-14)16-18-12(2)20-21-16/h4-11,15H,3H2,1-2H3,(H,19,23)(H,18,20,21). The summed E-state index contributed by atoms with van der Waals surface area (Å²) >= 11 is 0. The number of aromatic nitrogens is 4. The molecule has 0 aliphatic rings. The van der Waals surface area contributed by atoms with Crippen LogP contribution < -0.4 is 5.32 Å². The van der Waals surface area contributed by atoms with Crippen LogP contribution in [-0.4, -0.2) is 25.7 Å². The first kappa shape index (κ1) is 15.0. The maximum Gasteiger partial charge on any atom is 0.247 e. The van der Waals surface area contributed by atoms with E-state index in [2.05, 4.69) is 20.5 Å². The molecule has 0 aliphatic heterocycles. The molecule has 1 amide bonds. The highest BCUT2D eigenvalue weighted by Crippen LogP contribution is 2.20. The fraction of sp³-hybridized carbons (Fsp3) is 0.235. The van der Waals surface area contributed by atoms with E-state index in [0.29, 0.717) is 5.82 Å². The molecular formula is C17H19N5O. The van der Waals surface area contributed by atoms with Crippen LogP contribution in [0.15, 0.2) is 48.8 Å². The molecule has 0 bridgehead atoms. The first-order chi connectivity index (χ1) is 11.2. The van der Waals surface area contributed by atoms with Gasteiger partial charge in [-0.1, -0.05) is 6.92 Å². The maximum absolute atomic E-state index is 12.4. The van der Waals surface area contributed by atoms with E-state index in [9.17, 15) is 4.79 Å². The van der Waals surface area contributed by atoms with Crippen molar-refractivity contribution in [1.29, 1.82) is 0 Å². The van der Waals surface area contributed by atoms with Crippen LogP contribution in [0.2, 0.25) is 0 Å². The van der Waals surface area contributed by atoms with Gasteiger partial charge in [-0.15, -0.1) is 0 Å². The van der Waals surface area contributed by atoms with Crippen LogP contribution in [0.4, 0.5) is 5.69 Å². The summed E-state index contributed by atoms with van der Waals surface area (Å²) in [5.41, 5.74) is 1.67. The number of benzene rings is 1. The molecule has 3 rings (SSSR count). The van der Waals surface area contributed by atoms with Gasteiger partial charge in [0.05, 0.1) is 0 Å². The molecule has 118 valence electrons. The fourth-order valence-corrected chi connectivity index (χ4v) is 2.49. The van der Waals surface area contributed by atoms with Crippen molar-refractivity contribution in [2.45, 2.75) is 26.3 Å². The second kappa shape index (κ2) is 6.48. The number of rotatable bonds is 5. The third-order valence-electron chi connectivity index (χ3n) is 3.68. The normalized spacial score (nSPS) is 12.1. The van der Waals surface area contributed by atoms with Crippen molar-refractivity contribution < 1.29 is 4.79 Å². The number of hydrogen-bond acceptors (Lipinski definition) is 3. The van der Waals surface area contributed by atoms with Gasteiger partial charge in [-0.05, 0) is 49.7 Å². The third-order valence-corrected chi connectivity index (χ3v) is 3.68.